The number of hydrogen-bond donors (Lipinski definition) is 1. The van der Waals surface area contributed by atoms with Crippen LogP contribution in [0.15, 0.2) is 0 Å². The van der Waals surface area contributed by atoms with Crippen molar-refractivity contribution in [3.05, 3.63) is 0 Å². The van der Waals surface area contributed by atoms with Crippen LogP contribution in [0.3, 0.4) is 0 Å². The van der Waals surface area contributed by atoms with E-state index in [1.54, 1.807) is 0 Å². The molecular weight excluding hydrogens is 134 g/mol. The third-order valence-corrected chi connectivity index (χ3v) is 1.21. The van der Waals surface area contributed by atoms with Gasteiger partial charge in [0.15, 0.2) is 0 Å². The van der Waals surface area contributed by atoms with Crippen LogP contribution in [0, 0.1) is 5.92 Å². The van der Waals surface area contributed by atoms with Crippen molar-refractivity contribution in [1.29, 1.82) is 0 Å². The zero-order valence-corrected chi connectivity index (χ0v) is 7.42. The van der Waals surface area contributed by atoms with Crippen LogP contribution in [0.4, 0.5) is 0 Å². The monoisotopic (exact) mass is 151 g/mol. The predicted molar refractivity (Wildman–Crippen MR) is 45.2 cm³/mol. The summed E-state index contributed by atoms with van der Waals surface area (Å²) in [5.74, 6) is 0.864. The van der Waals surface area contributed by atoms with Crippen LogP contribution in [-0.2, 0) is 0 Å². The minimum absolute atomic E-state index is 0. The molecule has 0 radical (unpaired) electrons. The Morgan fingerprint density at radius 1 is 1.33 bits per heavy atom. The molecule has 0 fully saturated rings. The van der Waals surface area contributed by atoms with Gasteiger partial charge in [-0.05, 0) is 32.4 Å². The van der Waals surface area contributed by atoms with Gasteiger partial charge in [-0.25, -0.2) is 0 Å². The Morgan fingerprint density at radius 2 is 1.89 bits per heavy atom. The lowest BCUT2D eigenvalue weighted by molar-refractivity contribution is 0.543. The highest BCUT2D eigenvalue weighted by Crippen LogP contribution is 2.00. The molecule has 0 amide bonds. The molecule has 0 aliphatic rings. The first-order valence-electron chi connectivity index (χ1n) is 3.42. The Hall–Kier alpha value is 0.250. The summed E-state index contributed by atoms with van der Waals surface area (Å²) in [6.45, 7) is 5.68. The minimum Gasteiger partial charge on any atom is -0.320 e. The van der Waals surface area contributed by atoms with Gasteiger partial charge in [0.2, 0.25) is 0 Å². The van der Waals surface area contributed by atoms with Gasteiger partial charge in [0.25, 0.3) is 0 Å². The molecule has 1 nitrogen and oxygen atoms in total. The standard InChI is InChI=1S/C7H17N.ClH/c1-7(2)5-4-6-8-3;/h7-8H,4-6H2,1-3H3;1H. The molecule has 0 saturated heterocycles. The van der Waals surface area contributed by atoms with Crippen LogP contribution in [0.1, 0.15) is 26.7 Å². The number of halogens is 1. The first-order valence-corrected chi connectivity index (χ1v) is 3.42. The van der Waals surface area contributed by atoms with Gasteiger partial charge in [-0.2, -0.15) is 0 Å². The largest absolute Gasteiger partial charge is 0.320 e. The average Bonchev–Trinajstić information content (AvgIpc) is 1.66. The van der Waals surface area contributed by atoms with Crippen molar-refractivity contribution in [3.8, 4) is 0 Å². The number of hydrogen-bond acceptors (Lipinski definition) is 1. The van der Waals surface area contributed by atoms with Crippen molar-refractivity contribution >= 4 is 12.4 Å². The van der Waals surface area contributed by atoms with Gasteiger partial charge >= 0.3 is 0 Å². The summed E-state index contributed by atoms with van der Waals surface area (Å²) < 4.78 is 0. The van der Waals surface area contributed by atoms with Crippen molar-refractivity contribution in [2.75, 3.05) is 13.6 Å². The maximum Gasteiger partial charge on any atom is -0.00518 e. The van der Waals surface area contributed by atoms with Crippen molar-refractivity contribution in [1.82, 2.24) is 5.32 Å². The summed E-state index contributed by atoms with van der Waals surface area (Å²) in [7, 11) is 2.00. The third-order valence-electron chi connectivity index (χ3n) is 1.21. The fourth-order valence-corrected chi connectivity index (χ4v) is 0.687. The van der Waals surface area contributed by atoms with E-state index in [0.29, 0.717) is 0 Å². The van der Waals surface area contributed by atoms with Crippen molar-refractivity contribution < 1.29 is 0 Å². The van der Waals surface area contributed by atoms with Gasteiger partial charge in [0.1, 0.15) is 0 Å². The molecule has 0 aromatic rings. The molecule has 1 N–H and O–H groups in total. The molecule has 0 aromatic heterocycles. The van der Waals surface area contributed by atoms with E-state index >= 15 is 0 Å². The second-order valence-electron chi connectivity index (χ2n) is 2.64. The van der Waals surface area contributed by atoms with E-state index in [4.69, 9.17) is 0 Å². The SMILES string of the molecule is CNCCCC(C)C.Cl. The first kappa shape index (κ1) is 12.0. The lowest BCUT2D eigenvalue weighted by atomic mass is 10.1. The van der Waals surface area contributed by atoms with E-state index in [1.807, 2.05) is 7.05 Å². The fourth-order valence-electron chi connectivity index (χ4n) is 0.687. The molecule has 2 heteroatoms. The molecule has 0 heterocycles. The second kappa shape index (κ2) is 8.25. The Morgan fingerprint density at radius 3 is 2.22 bits per heavy atom. The highest BCUT2D eigenvalue weighted by molar-refractivity contribution is 5.85. The van der Waals surface area contributed by atoms with Gasteiger partial charge in [-0.15, -0.1) is 12.4 Å². The molecule has 0 aliphatic heterocycles. The molecule has 0 saturated carbocycles. The summed E-state index contributed by atoms with van der Waals surface area (Å²) >= 11 is 0. The fraction of sp³-hybridized carbons (Fsp3) is 1.00. The Bertz CT molecular complexity index is 46.2. The minimum atomic E-state index is 0. The lowest BCUT2D eigenvalue weighted by Gasteiger charge is -2.01. The Labute approximate surface area is 64.6 Å². The molecular formula is C7H18ClN. The molecule has 58 valence electrons. The maximum absolute atomic E-state index is 3.12. The Balaban J connectivity index is 0. The normalized spacial score (nSPS) is 9.33. The number of rotatable bonds is 4. The topological polar surface area (TPSA) is 12.0 Å². The van der Waals surface area contributed by atoms with Crippen molar-refractivity contribution in [2.24, 2.45) is 5.92 Å². The van der Waals surface area contributed by atoms with E-state index in [9.17, 15) is 0 Å². The maximum atomic E-state index is 3.12. The van der Waals surface area contributed by atoms with Crippen LogP contribution >= 0.6 is 12.4 Å². The number of nitrogens with one attached hydrogen (secondary N) is 1. The molecule has 0 unspecified atom stereocenters. The molecule has 0 spiro atoms. The summed E-state index contributed by atoms with van der Waals surface area (Å²) in [6.07, 6.45) is 2.66. The molecule has 0 bridgehead atoms. The van der Waals surface area contributed by atoms with Crippen LogP contribution in [-0.4, -0.2) is 13.6 Å². The quantitative estimate of drug-likeness (QED) is 0.607. The van der Waals surface area contributed by atoms with Crippen LogP contribution < -0.4 is 5.32 Å². The third kappa shape index (κ3) is 11.7. The summed E-state index contributed by atoms with van der Waals surface area (Å²) in [5.41, 5.74) is 0. The van der Waals surface area contributed by atoms with Crippen LogP contribution in [0.25, 0.3) is 0 Å². The Kier molecular flexibility index (Phi) is 11.0. The second-order valence-corrected chi connectivity index (χ2v) is 2.64. The first-order chi connectivity index (χ1) is 3.77. The molecule has 0 atom stereocenters. The van der Waals surface area contributed by atoms with Gasteiger partial charge in [0, 0.05) is 0 Å². The van der Waals surface area contributed by atoms with E-state index in [2.05, 4.69) is 19.2 Å². The highest BCUT2D eigenvalue weighted by atomic mass is 35.5. The van der Waals surface area contributed by atoms with Crippen LogP contribution in [0.2, 0.25) is 0 Å². The van der Waals surface area contributed by atoms with Gasteiger partial charge in [0.05, 0.1) is 0 Å². The average molecular weight is 152 g/mol. The van der Waals surface area contributed by atoms with E-state index in [0.717, 1.165) is 12.5 Å². The molecule has 0 rings (SSSR count). The summed E-state index contributed by atoms with van der Waals surface area (Å²) in [4.78, 5) is 0. The zero-order valence-electron chi connectivity index (χ0n) is 6.61. The summed E-state index contributed by atoms with van der Waals surface area (Å²) in [5, 5.41) is 3.12. The van der Waals surface area contributed by atoms with E-state index in [1.165, 1.54) is 12.8 Å². The predicted octanol–water partition coefficient (Wildman–Crippen LogP) is 2.06. The molecule has 9 heavy (non-hydrogen) atoms. The smallest absolute Gasteiger partial charge is 0.00518 e. The van der Waals surface area contributed by atoms with E-state index < -0.39 is 0 Å². The lowest BCUT2D eigenvalue weighted by Crippen LogP contribution is -2.08. The van der Waals surface area contributed by atoms with Crippen LogP contribution in [0.5, 0.6) is 0 Å². The van der Waals surface area contributed by atoms with Crippen molar-refractivity contribution in [3.63, 3.8) is 0 Å². The summed E-state index contributed by atoms with van der Waals surface area (Å²) in [6, 6.07) is 0. The van der Waals surface area contributed by atoms with Gasteiger partial charge in [-0.1, -0.05) is 13.8 Å². The van der Waals surface area contributed by atoms with Gasteiger partial charge < -0.3 is 5.32 Å². The van der Waals surface area contributed by atoms with Gasteiger partial charge in [-0.3, -0.25) is 0 Å². The van der Waals surface area contributed by atoms with Crippen molar-refractivity contribution in [2.45, 2.75) is 26.7 Å². The molecule has 0 aromatic carbocycles. The molecule has 0 aliphatic carbocycles. The van der Waals surface area contributed by atoms with E-state index in [-0.39, 0.29) is 12.4 Å². The zero-order chi connectivity index (χ0) is 6.41. The highest BCUT2D eigenvalue weighted by Gasteiger charge is 1.90.